The Kier molecular flexibility index (Phi) is 2.47. The molecule has 5 heteroatoms. The van der Waals surface area contributed by atoms with E-state index in [-0.39, 0.29) is 5.91 Å². The van der Waals surface area contributed by atoms with Gasteiger partial charge in [0.2, 0.25) is 5.91 Å². The van der Waals surface area contributed by atoms with Crippen molar-refractivity contribution in [3.63, 3.8) is 0 Å². The van der Waals surface area contributed by atoms with Crippen molar-refractivity contribution in [1.29, 1.82) is 0 Å². The Labute approximate surface area is 83.1 Å². The summed E-state index contributed by atoms with van der Waals surface area (Å²) in [5.74, 6) is -0.550. The quantitative estimate of drug-likeness (QED) is 0.608. The van der Waals surface area contributed by atoms with E-state index in [1.807, 2.05) is 0 Å². The number of carbonyl (C=O) groups is 1. The van der Waals surface area contributed by atoms with Crippen molar-refractivity contribution in [3.8, 4) is 0 Å². The molecule has 80 valence electrons. The minimum Gasteiger partial charge on any atom is -0.346 e. The van der Waals surface area contributed by atoms with Crippen molar-refractivity contribution in [2.75, 3.05) is 26.3 Å². The zero-order valence-electron chi connectivity index (χ0n) is 8.36. The van der Waals surface area contributed by atoms with Crippen molar-refractivity contribution in [1.82, 2.24) is 4.90 Å². The Bertz CT molecular complexity index is 236. The number of ether oxygens (including phenoxy) is 2. The first-order valence-electron chi connectivity index (χ1n) is 4.95. The average Bonchev–Trinajstić information content (AvgIpc) is 2.76. The summed E-state index contributed by atoms with van der Waals surface area (Å²) < 4.78 is 11.0. The molecule has 2 rings (SSSR count). The highest BCUT2D eigenvalue weighted by Gasteiger charge is 2.44. The lowest BCUT2D eigenvalue weighted by atomic mass is 10.2. The highest BCUT2D eigenvalue weighted by Crippen LogP contribution is 2.30. The first-order chi connectivity index (χ1) is 6.63. The van der Waals surface area contributed by atoms with Gasteiger partial charge in [0, 0.05) is 13.0 Å². The summed E-state index contributed by atoms with van der Waals surface area (Å²) in [6, 6.07) is -0.438. The van der Waals surface area contributed by atoms with Gasteiger partial charge in [-0.2, -0.15) is 0 Å². The second-order valence-electron chi connectivity index (χ2n) is 3.91. The smallest absolute Gasteiger partial charge is 0.239 e. The molecule has 1 amide bonds. The SMILES string of the molecule is C[C@@H](N)C(=O)N1CCC2(C1)OCCO2. The van der Waals surface area contributed by atoms with Crippen LogP contribution in [0.25, 0.3) is 0 Å². The van der Waals surface area contributed by atoms with Crippen LogP contribution in [0.5, 0.6) is 0 Å². The number of hydrogen-bond acceptors (Lipinski definition) is 4. The first-order valence-corrected chi connectivity index (χ1v) is 4.95. The fraction of sp³-hybridized carbons (Fsp3) is 0.889. The molecule has 2 heterocycles. The number of likely N-dealkylation sites (tertiary alicyclic amines) is 1. The number of nitrogens with zero attached hydrogens (tertiary/aromatic N) is 1. The molecule has 2 aliphatic rings. The number of amides is 1. The standard InChI is InChI=1S/C9H16N2O3/c1-7(10)8(12)11-3-2-9(6-11)13-4-5-14-9/h7H,2-6,10H2,1H3/t7-/m1/s1. The van der Waals surface area contributed by atoms with Crippen LogP contribution in [0, 0.1) is 0 Å². The maximum Gasteiger partial charge on any atom is 0.239 e. The van der Waals surface area contributed by atoms with Crippen LogP contribution in [0.1, 0.15) is 13.3 Å². The Morgan fingerprint density at radius 3 is 2.71 bits per heavy atom. The zero-order chi connectivity index (χ0) is 10.2. The molecule has 0 aliphatic carbocycles. The van der Waals surface area contributed by atoms with E-state index in [2.05, 4.69) is 0 Å². The topological polar surface area (TPSA) is 64.8 Å². The predicted octanol–water partition coefficient (Wildman–Crippen LogP) is -0.691. The second kappa shape index (κ2) is 3.49. The normalized spacial score (nSPS) is 27.1. The summed E-state index contributed by atoms with van der Waals surface area (Å²) in [5.41, 5.74) is 5.53. The third kappa shape index (κ3) is 1.63. The number of hydrogen-bond donors (Lipinski definition) is 1. The third-order valence-electron chi connectivity index (χ3n) is 2.71. The molecular formula is C9H16N2O3. The number of nitrogens with two attached hydrogens (primary N) is 1. The molecule has 1 atom stereocenters. The van der Waals surface area contributed by atoms with Crippen LogP contribution in [0.4, 0.5) is 0 Å². The molecule has 0 aromatic heterocycles. The van der Waals surface area contributed by atoms with Gasteiger partial charge in [0.05, 0.1) is 25.8 Å². The maximum absolute atomic E-state index is 11.6. The van der Waals surface area contributed by atoms with Crippen LogP contribution < -0.4 is 5.73 Å². The van der Waals surface area contributed by atoms with E-state index >= 15 is 0 Å². The second-order valence-corrected chi connectivity index (χ2v) is 3.91. The predicted molar refractivity (Wildman–Crippen MR) is 49.5 cm³/mol. The van der Waals surface area contributed by atoms with Crippen LogP contribution in [0.2, 0.25) is 0 Å². The molecule has 0 aromatic rings. The van der Waals surface area contributed by atoms with Gasteiger partial charge in [-0.15, -0.1) is 0 Å². The molecule has 14 heavy (non-hydrogen) atoms. The summed E-state index contributed by atoms with van der Waals surface area (Å²) in [4.78, 5) is 13.3. The average molecular weight is 200 g/mol. The summed E-state index contributed by atoms with van der Waals surface area (Å²) >= 11 is 0. The van der Waals surface area contributed by atoms with Crippen LogP contribution in [-0.2, 0) is 14.3 Å². The lowest BCUT2D eigenvalue weighted by molar-refractivity contribution is -0.152. The molecule has 2 aliphatic heterocycles. The van der Waals surface area contributed by atoms with Crippen LogP contribution in [0.15, 0.2) is 0 Å². The van der Waals surface area contributed by atoms with Crippen LogP contribution in [0.3, 0.4) is 0 Å². The van der Waals surface area contributed by atoms with Crippen molar-refractivity contribution < 1.29 is 14.3 Å². The number of rotatable bonds is 1. The van der Waals surface area contributed by atoms with Crippen LogP contribution in [-0.4, -0.2) is 48.9 Å². The van der Waals surface area contributed by atoms with E-state index < -0.39 is 11.8 Å². The van der Waals surface area contributed by atoms with E-state index in [1.54, 1.807) is 11.8 Å². The van der Waals surface area contributed by atoms with Crippen molar-refractivity contribution >= 4 is 5.91 Å². The highest BCUT2D eigenvalue weighted by molar-refractivity contribution is 5.81. The van der Waals surface area contributed by atoms with Gasteiger partial charge in [-0.3, -0.25) is 4.79 Å². The van der Waals surface area contributed by atoms with Gasteiger partial charge in [0.1, 0.15) is 0 Å². The molecule has 1 spiro atoms. The molecule has 0 aromatic carbocycles. The van der Waals surface area contributed by atoms with Crippen molar-refractivity contribution in [2.24, 2.45) is 5.73 Å². The summed E-state index contributed by atoms with van der Waals surface area (Å²) in [6.07, 6.45) is 0.755. The van der Waals surface area contributed by atoms with E-state index in [1.165, 1.54) is 0 Å². The summed E-state index contributed by atoms with van der Waals surface area (Å²) in [5, 5.41) is 0. The molecule has 5 nitrogen and oxygen atoms in total. The molecule has 2 fully saturated rings. The van der Waals surface area contributed by atoms with Gasteiger partial charge in [-0.1, -0.05) is 0 Å². The lowest BCUT2D eigenvalue weighted by Crippen LogP contribution is -2.43. The minimum absolute atomic E-state index is 0.0269. The third-order valence-corrected chi connectivity index (χ3v) is 2.71. The number of carbonyl (C=O) groups excluding carboxylic acids is 1. The Balaban J connectivity index is 1.97. The fourth-order valence-corrected chi connectivity index (χ4v) is 1.96. The van der Waals surface area contributed by atoms with E-state index in [9.17, 15) is 4.79 Å². The van der Waals surface area contributed by atoms with Crippen molar-refractivity contribution in [3.05, 3.63) is 0 Å². The van der Waals surface area contributed by atoms with Gasteiger partial charge in [-0.05, 0) is 6.92 Å². The molecule has 2 saturated heterocycles. The molecule has 0 bridgehead atoms. The Morgan fingerprint density at radius 2 is 2.14 bits per heavy atom. The Hall–Kier alpha value is -0.650. The molecule has 2 N–H and O–H groups in total. The first kappa shape index (κ1) is 9.89. The molecule has 0 radical (unpaired) electrons. The summed E-state index contributed by atoms with van der Waals surface area (Å²) in [7, 11) is 0. The lowest BCUT2D eigenvalue weighted by Gasteiger charge is -2.23. The zero-order valence-corrected chi connectivity index (χ0v) is 8.36. The molecule has 0 saturated carbocycles. The largest absolute Gasteiger partial charge is 0.346 e. The molecular weight excluding hydrogens is 184 g/mol. The minimum atomic E-state index is -0.523. The van der Waals surface area contributed by atoms with E-state index in [0.717, 1.165) is 6.42 Å². The van der Waals surface area contributed by atoms with Gasteiger partial charge >= 0.3 is 0 Å². The van der Waals surface area contributed by atoms with Gasteiger partial charge in [0.25, 0.3) is 0 Å². The maximum atomic E-state index is 11.6. The van der Waals surface area contributed by atoms with Crippen molar-refractivity contribution in [2.45, 2.75) is 25.2 Å². The summed E-state index contributed by atoms with van der Waals surface area (Å²) in [6.45, 7) is 4.15. The van der Waals surface area contributed by atoms with E-state index in [0.29, 0.717) is 26.3 Å². The van der Waals surface area contributed by atoms with Crippen LogP contribution >= 0.6 is 0 Å². The van der Waals surface area contributed by atoms with Gasteiger partial charge in [-0.25, -0.2) is 0 Å². The van der Waals surface area contributed by atoms with Gasteiger partial charge in [0.15, 0.2) is 5.79 Å². The van der Waals surface area contributed by atoms with E-state index in [4.69, 9.17) is 15.2 Å². The fourth-order valence-electron chi connectivity index (χ4n) is 1.96. The Morgan fingerprint density at radius 1 is 1.50 bits per heavy atom. The highest BCUT2D eigenvalue weighted by atomic mass is 16.7. The van der Waals surface area contributed by atoms with Gasteiger partial charge < -0.3 is 20.1 Å². The molecule has 0 unspecified atom stereocenters. The monoisotopic (exact) mass is 200 g/mol.